The summed E-state index contributed by atoms with van der Waals surface area (Å²) in [6.45, 7) is 4.60. The summed E-state index contributed by atoms with van der Waals surface area (Å²) in [6.07, 6.45) is 1.66. The maximum absolute atomic E-state index is 12.6. The van der Waals surface area contributed by atoms with Gasteiger partial charge in [0.15, 0.2) is 0 Å². The van der Waals surface area contributed by atoms with Gasteiger partial charge in [-0.05, 0) is 48.4 Å². The smallest absolute Gasteiger partial charge is 0.148 e. The molecule has 0 aliphatic carbocycles. The van der Waals surface area contributed by atoms with Gasteiger partial charge in [-0.3, -0.25) is 0 Å². The third-order valence-electron chi connectivity index (χ3n) is 8.21. The van der Waals surface area contributed by atoms with Crippen LogP contribution in [-0.2, 0) is 0 Å². The lowest BCUT2D eigenvalue weighted by atomic mass is 10.3. The maximum Gasteiger partial charge on any atom is 0.148 e. The third-order valence-corrected chi connectivity index (χ3v) is 18.3. The number of halogens is 1. The predicted molar refractivity (Wildman–Crippen MR) is 178 cm³/mol. The average Bonchev–Trinajstić information content (AvgIpc) is 3.02. The van der Waals surface area contributed by atoms with Crippen molar-refractivity contribution in [1.82, 2.24) is 0 Å². The van der Waals surface area contributed by atoms with Gasteiger partial charge in [0.1, 0.15) is 31.2 Å². The predicted octanol–water partition coefficient (Wildman–Crippen LogP) is 3.19. The van der Waals surface area contributed by atoms with Crippen LogP contribution in [0, 0.1) is 5.92 Å². The van der Waals surface area contributed by atoms with Crippen molar-refractivity contribution in [2.24, 2.45) is 5.92 Å². The van der Waals surface area contributed by atoms with Gasteiger partial charge in [-0.2, -0.15) is 0 Å². The van der Waals surface area contributed by atoms with Crippen LogP contribution >= 0.6 is 7.26 Å². The Morgan fingerprint density at radius 2 is 0.854 bits per heavy atom. The molecule has 210 valence electrons. The highest BCUT2D eigenvalue weighted by molar-refractivity contribution is 7.95. The molecule has 0 saturated heterocycles. The fourth-order valence-electron chi connectivity index (χ4n) is 6.48. The average molecular weight is 640 g/mol. The second-order valence-corrected chi connectivity index (χ2v) is 18.9. The normalized spacial score (nSPS) is 12.5. The Morgan fingerprint density at radius 1 is 0.537 bits per heavy atom. The van der Waals surface area contributed by atoms with E-state index in [2.05, 4.69) is 166 Å². The second-order valence-electron chi connectivity index (χ2n) is 11.1. The molecule has 0 fully saturated rings. The highest BCUT2D eigenvalue weighted by Gasteiger charge is 2.49. The molecule has 1 atom stereocenters. The van der Waals surface area contributed by atoms with Crippen molar-refractivity contribution in [3.8, 4) is 0 Å². The fraction of sp³-hybridized carbons (Fsp3) is 0.189. The molecule has 0 aliphatic heterocycles. The molecule has 1 nitrogen and oxygen atoms in total. The molecule has 1 N–H and O–H groups in total. The first kappa shape index (κ1) is 31.1. The molecule has 4 heteroatoms. The largest absolute Gasteiger partial charge is 1.00 e. The first-order chi connectivity index (χ1) is 19.6. The monoisotopic (exact) mass is 638 g/mol. The van der Waals surface area contributed by atoms with Crippen LogP contribution in [0.3, 0.4) is 0 Å². The standard InChI is InChI=1S/C37H40OPSi.BrH/c1-31(2)30-40(35-24-14-6-15-25-35,36-26-16-7-17-27-36)37(38)28-29-39(32-18-8-3-9-19-32,33-20-10-4-11-21-33)34-22-12-5-13-23-34;/h3-27,31,37-38H,28-30H2,1-2H3;1H/q+1;/p-1. The number of aliphatic hydroxyl groups excluding tert-OH is 1. The van der Waals surface area contributed by atoms with Gasteiger partial charge in [-0.1, -0.05) is 139 Å². The summed E-state index contributed by atoms with van der Waals surface area (Å²) >= 11 is 0. The minimum Gasteiger partial charge on any atom is -1.00 e. The molecule has 0 spiro atoms. The summed E-state index contributed by atoms with van der Waals surface area (Å²) in [5.74, 6) is 0.471. The van der Waals surface area contributed by atoms with Gasteiger partial charge in [0, 0.05) is 6.42 Å². The highest BCUT2D eigenvalue weighted by Crippen LogP contribution is 2.56. The molecular formula is C37H40BrOPSi. The molecule has 41 heavy (non-hydrogen) atoms. The first-order valence-corrected chi connectivity index (χ1v) is 18.7. The Morgan fingerprint density at radius 3 is 1.17 bits per heavy atom. The van der Waals surface area contributed by atoms with E-state index in [1.807, 2.05) is 0 Å². The second kappa shape index (κ2) is 14.4. The molecule has 0 bridgehead atoms. The molecular weight excluding hydrogens is 599 g/mol. The molecule has 0 saturated carbocycles. The van der Waals surface area contributed by atoms with Gasteiger partial charge in [0.2, 0.25) is 0 Å². The fourth-order valence-corrected chi connectivity index (χ4v) is 16.4. The summed E-state index contributed by atoms with van der Waals surface area (Å²) in [7, 11) is -4.58. The van der Waals surface area contributed by atoms with E-state index in [1.165, 1.54) is 26.3 Å². The zero-order valence-corrected chi connectivity index (χ0v) is 27.5. The highest BCUT2D eigenvalue weighted by atomic mass is 79.9. The van der Waals surface area contributed by atoms with E-state index in [0.717, 1.165) is 18.6 Å². The lowest BCUT2D eigenvalue weighted by molar-refractivity contribution is -0.00000921. The van der Waals surface area contributed by atoms with Crippen LogP contribution in [0.25, 0.3) is 0 Å². The summed E-state index contributed by atoms with van der Waals surface area (Å²) in [4.78, 5) is 0. The maximum atomic E-state index is 12.6. The van der Waals surface area contributed by atoms with Crippen LogP contribution in [0.1, 0.15) is 20.3 Å². The van der Waals surface area contributed by atoms with E-state index in [0.29, 0.717) is 5.92 Å². The summed E-state index contributed by atoms with van der Waals surface area (Å²) < 4.78 is 0. The lowest BCUT2D eigenvalue weighted by Gasteiger charge is -2.39. The Bertz CT molecular complexity index is 1310. The molecule has 5 aromatic carbocycles. The number of hydrogen-bond donors (Lipinski definition) is 1. The van der Waals surface area contributed by atoms with Crippen LogP contribution in [0.5, 0.6) is 0 Å². The van der Waals surface area contributed by atoms with Gasteiger partial charge < -0.3 is 22.1 Å². The van der Waals surface area contributed by atoms with Gasteiger partial charge in [-0.15, -0.1) is 0 Å². The molecule has 5 aromatic rings. The van der Waals surface area contributed by atoms with E-state index in [9.17, 15) is 5.11 Å². The van der Waals surface area contributed by atoms with Crippen molar-refractivity contribution in [1.29, 1.82) is 0 Å². The Hall–Kier alpha value is -2.81. The summed E-state index contributed by atoms with van der Waals surface area (Å²) in [6, 6.07) is 55.9. The molecule has 5 rings (SSSR count). The van der Waals surface area contributed by atoms with E-state index < -0.39 is 21.1 Å². The van der Waals surface area contributed by atoms with Crippen molar-refractivity contribution >= 4 is 41.6 Å². The SMILES string of the molecule is CC(C)C[Si](c1ccccc1)(c1ccccc1)C(O)CC[P+](c1ccccc1)(c1ccccc1)c1ccccc1.[Br-]. The van der Waals surface area contributed by atoms with Crippen LogP contribution in [-0.4, -0.2) is 25.1 Å². The molecule has 0 radical (unpaired) electrons. The van der Waals surface area contributed by atoms with Gasteiger partial charge >= 0.3 is 0 Å². The van der Waals surface area contributed by atoms with Crippen molar-refractivity contribution in [3.05, 3.63) is 152 Å². The van der Waals surface area contributed by atoms with Crippen LogP contribution in [0.2, 0.25) is 6.04 Å². The van der Waals surface area contributed by atoms with Crippen LogP contribution in [0.15, 0.2) is 152 Å². The Labute approximate surface area is 258 Å². The zero-order chi connectivity index (χ0) is 27.8. The van der Waals surface area contributed by atoms with Gasteiger partial charge in [0.25, 0.3) is 0 Å². The van der Waals surface area contributed by atoms with E-state index in [1.54, 1.807) is 0 Å². The minimum atomic E-state index is -2.54. The number of hydrogen-bond acceptors (Lipinski definition) is 1. The molecule has 0 heterocycles. The van der Waals surface area contributed by atoms with E-state index in [-0.39, 0.29) is 17.0 Å². The number of rotatable bonds is 11. The number of benzene rings is 5. The zero-order valence-electron chi connectivity index (χ0n) is 24.0. The third kappa shape index (κ3) is 6.50. The lowest BCUT2D eigenvalue weighted by Crippen LogP contribution is -3.00. The number of aliphatic hydroxyl groups is 1. The molecule has 1 unspecified atom stereocenters. The summed E-state index contributed by atoms with van der Waals surface area (Å²) in [5.41, 5.74) is -0.421. The van der Waals surface area contributed by atoms with Gasteiger partial charge in [0.05, 0.1) is 11.9 Å². The molecule has 0 amide bonds. The van der Waals surface area contributed by atoms with Crippen molar-refractivity contribution < 1.29 is 22.1 Å². The van der Waals surface area contributed by atoms with E-state index in [4.69, 9.17) is 0 Å². The van der Waals surface area contributed by atoms with Gasteiger partial charge in [-0.25, -0.2) is 0 Å². The first-order valence-electron chi connectivity index (χ1n) is 14.4. The molecule has 0 aromatic heterocycles. The van der Waals surface area contributed by atoms with Crippen LogP contribution in [0.4, 0.5) is 0 Å². The van der Waals surface area contributed by atoms with Crippen molar-refractivity contribution in [2.45, 2.75) is 32.0 Å². The topological polar surface area (TPSA) is 20.2 Å². The molecule has 0 aliphatic rings. The Balaban J connectivity index is 0.00000387. The minimum absolute atomic E-state index is 0. The summed E-state index contributed by atoms with van der Waals surface area (Å²) in [5, 5.41) is 19.4. The van der Waals surface area contributed by atoms with E-state index >= 15 is 0 Å². The quantitative estimate of drug-likeness (QED) is 0.174. The van der Waals surface area contributed by atoms with Crippen molar-refractivity contribution in [3.63, 3.8) is 0 Å². The van der Waals surface area contributed by atoms with Crippen molar-refractivity contribution in [2.75, 3.05) is 6.16 Å². The van der Waals surface area contributed by atoms with Crippen LogP contribution < -0.4 is 43.3 Å². The Kier molecular flexibility index (Phi) is 10.9.